The van der Waals surface area contributed by atoms with Crippen LogP contribution in [0.1, 0.15) is 149 Å². The van der Waals surface area contributed by atoms with Crippen LogP contribution < -0.4 is 0 Å². The maximum atomic E-state index is 13.6. The third kappa shape index (κ3) is 22.0. The molecule has 1 aliphatic carbocycles. The van der Waals surface area contributed by atoms with E-state index < -0.39 is 112 Å². The van der Waals surface area contributed by atoms with E-state index in [2.05, 4.69) is 19.1 Å². The number of allylic oxidation sites excluding steroid dienone is 4. The molecule has 1 heterocycles. The molecule has 1 aliphatic heterocycles. The lowest BCUT2D eigenvalue weighted by molar-refractivity contribution is -0.166. The Labute approximate surface area is 368 Å². The molecule has 358 valence electrons. The zero-order chi connectivity index (χ0) is 45.9. The Morgan fingerprint density at radius 3 is 2.16 bits per heavy atom. The fourth-order valence-electron chi connectivity index (χ4n) is 7.46. The first kappa shape index (κ1) is 55.8. The number of rotatable bonds is 21. The predicted octanol–water partition coefficient (Wildman–Crippen LogP) is 5.20. The molecule has 1 unspecified atom stereocenters. The topological polar surface area (TPSA) is 267 Å². The number of fused-ring (bicyclic) bond motifs is 4. The lowest BCUT2D eigenvalue weighted by Gasteiger charge is -2.36. The summed E-state index contributed by atoms with van der Waals surface area (Å²) in [6, 6.07) is 0. The number of Topliss-reactive ketones (excluding diaryl/α,β-unsaturated/α-hetero) is 1. The molecule has 12 atom stereocenters. The highest BCUT2D eigenvalue weighted by Crippen LogP contribution is 2.47. The molecule has 8 N–H and O–H groups in total. The van der Waals surface area contributed by atoms with Crippen molar-refractivity contribution in [2.75, 3.05) is 13.2 Å². The van der Waals surface area contributed by atoms with E-state index in [1.165, 1.54) is 43.9 Å². The van der Waals surface area contributed by atoms with Crippen LogP contribution >= 0.6 is 7.82 Å². The SMILES string of the molecule is CCCCCC/C=C\CCCCCCCC(=O)OC[C@@H]1COP(=O)(O)O[C@H]2[C@H](O)[C@@H](O)[C@H](O)[C@@H](C/C=C\CCCC(=O)O1)C(=O)C[C@@H](O)[C@H](/C=C/[C@@H](O)CCCCC)[C@@H](O)[C@H]2O. The van der Waals surface area contributed by atoms with E-state index in [0.29, 0.717) is 25.7 Å². The second kappa shape index (κ2) is 31.5. The molecule has 0 aromatic rings. The third-order valence-electron chi connectivity index (χ3n) is 11.3. The molecule has 1 fully saturated rings. The van der Waals surface area contributed by atoms with E-state index in [0.717, 1.165) is 51.4 Å². The van der Waals surface area contributed by atoms with Crippen LogP contribution in [0.2, 0.25) is 0 Å². The summed E-state index contributed by atoms with van der Waals surface area (Å²) >= 11 is 0. The number of phosphoric acid groups is 1. The van der Waals surface area contributed by atoms with Gasteiger partial charge in [0.2, 0.25) is 0 Å². The van der Waals surface area contributed by atoms with Crippen molar-refractivity contribution in [3.63, 3.8) is 0 Å². The molecule has 0 aromatic heterocycles. The van der Waals surface area contributed by atoms with Crippen LogP contribution in [-0.4, -0.2) is 127 Å². The first-order valence-electron chi connectivity index (χ1n) is 22.9. The maximum Gasteiger partial charge on any atom is 0.472 e. The number of ether oxygens (including phenoxy) is 2. The first-order valence-corrected chi connectivity index (χ1v) is 24.4. The van der Waals surface area contributed by atoms with Gasteiger partial charge >= 0.3 is 19.8 Å². The molecule has 0 saturated heterocycles. The highest BCUT2D eigenvalue weighted by Gasteiger charge is 2.49. The number of carbonyl (C=O) groups excluding carboxylic acids is 3. The Bertz CT molecular complexity index is 1410. The van der Waals surface area contributed by atoms with Gasteiger partial charge in [0, 0.05) is 31.1 Å². The standard InChI is InChI=1S/C45H77O16P/c1-3-5-7-8-9-10-11-12-13-14-15-16-21-25-38(49)58-30-33-31-59-62(56,57)61-45-43(54)41(52)35(28-27-32(46)23-19-6-4-2)37(48)29-36(47)34(40(51)42(53)44(45)55)24-20-17-18-22-26-39(50)60-33/h10-11,17,20,27-28,32-35,37,40-46,48,51-55H,3-9,12-16,18-19,21-26,29-31H2,1-2H3,(H,56,57)/b11-10-,20-17-,28-27+/t32-,33+,34-,35-,37+,40+,41+,42-,43+,44+,45+/m0/s1. The number of ketones is 1. The van der Waals surface area contributed by atoms with Gasteiger partial charge in [0.05, 0.1) is 31.0 Å². The van der Waals surface area contributed by atoms with Crippen LogP contribution in [0, 0.1) is 11.8 Å². The van der Waals surface area contributed by atoms with Gasteiger partial charge < -0.3 is 50.1 Å². The van der Waals surface area contributed by atoms with E-state index in [9.17, 15) is 59.6 Å². The van der Waals surface area contributed by atoms with Crippen LogP contribution in [0.5, 0.6) is 0 Å². The van der Waals surface area contributed by atoms with Crippen LogP contribution in [0.15, 0.2) is 36.5 Å². The van der Waals surface area contributed by atoms with Gasteiger partial charge in [-0.1, -0.05) is 108 Å². The molecule has 2 bridgehead atoms. The number of aliphatic hydroxyl groups is 7. The average Bonchev–Trinajstić information content (AvgIpc) is 3.23. The molecular weight excluding hydrogens is 827 g/mol. The number of carbonyl (C=O) groups is 3. The zero-order valence-corrected chi connectivity index (χ0v) is 37.8. The Morgan fingerprint density at radius 1 is 0.839 bits per heavy atom. The van der Waals surface area contributed by atoms with Crippen molar-refractivity contribution in [3.8, 4) is 0 Å². The average molecular weight is 905 g/mol. The van der Waals surface area contributed by atoms with Crippen LogP contribution in [0.3, 0.4) is 0 Å². The number of hydrogen-bond donors (Lipinski definition) is 8. The largest absolute Gasteiger partial charge is 0.472 e. The molecule has 0 radical (unpaired) electrons. The van der Waals surface area contributed by atoms with Crippen molar-refractivity contribution < 1.29 is 78.1 Å². The number of cyclic esters (lactones) is 1. The minimum absolute atomic E-state index is 0.0935. The van der Waals surface area contributed by atoms with Crippen molar-refractivity contribution in [1.29, 1.82) is 0 Å². The summed E-state index contributed by atoms with van der Waals surface area (Å²) in [5.41, 5.74) is 0. The summed E-state index contributed by atoms with van der Waals surface area (Å²) in [7, 11) is -5.45. The quantitative estimate of drug-likeness (QED) is 0.0318. The molecule has 2 rings (SSSR count). The number of hydrogen-bond acceptors (Lipinski definition) is 15. The van der Waals surface area contributed by atoms with E-state index in [-0.39, 0.29) is 25.7 Å². The Hall–Kier alpha value is -2.34. The van der Waals surface area contributed by atoms with E-state index in [1.807, 2.05) is 6.92 Å². The van der Waals surface area contributed by atoms with Gasteiger partial charge in [-0.15, -0.1) is 0 Å². The zero-order valence-electron chi connectivity index (χ0n) is 36.9. The minimum atomic E-state index is -5.45. The van der Waals surface area contributed by atoms with Gasteiger partial charge in [-0.05, 0) is 57.8 Å². The highest BCUT2D eigenvalue weighted by molar-refractivity contribution is 7.47. The molecular formula is C45H77O16P. The molecule has 62 heavy (non-hydrogen) atoms. The van der Waals surface area contributed by atoms with E-state index >= 15 is 0 Å². The number of unbranched alkanes of at least 4 members (excludes halogenated alkanes) is 11. The minimum Gasteiger partial charge on any atom is -0.462 e. The molecule has 16 nitrogen and oxygen atoms in total. The smallest absolute Gasteiger partial charge is 0.462 e. The number of esters is 2. The van der Waals surface area contributed by atoms with Crippen molar-refractivity contribution in [3.05, 3.63) is 36.5 Å². The monoisotopic (exact) mass is 904 g/mol. The molecule has 17 heteroatoms. The van der Waals surface area contributed by atoms with Gasteiger partial charge in [-0.2, -0.15) is 0 Å². The second-order valence-electron chi connectivity index (χ2n) is 16.7. The van der Waals surface area contributed by atoms with E-state index in [1.54, 1.807) is 6.08 Å². The van der Waals surface area contributed by atoms with E-state index in [4.69, 9.17) is 18.5 Å². The maximum absolute atomic E-state index is 13.6. The Kier molecular flexibility index (Phi) is 28.4. The summed E-state index contributed by atoms with van der Waals surface area (Å²) in [6.45, 7) is 2.76. The highest BCUT2D eigenvalue weighted by atomic mass is 31.2. The summed E-state index contributed by atoms with van der Waals surface area (Å²) in [5, 5.41) is 78.3. The van der Waals surface area contributed by atoms with Gasteiger partial charge in [0.25, 0.3) is 0 Å². The van der Waals surface area contributed by atoms with Gasteiger partial charge in [-0.3, -0.25) is 23.4 Å². The lowest BCUT2D eigenvalue weighted by atomic mass is 9.84. The normalized spacial score (nSPS) is 32.3. The Balaban J connectivity index is 2.22. The lowest BCUT2D eigenvalue weighted by Crippen LogP contribution is -2.55. The second-order valence-corrected chi connectivity index (χ2v) is 18.1. The molecule has 2 aliphatic rings. The molecule has 0 aromatic carbocycles. The number of aliphatic hydroxyl groups excluding tert-OH is 7. The third-order valence-corrected chi connectivity index (χ3v) is 12.3. The van der Waals surface area contributed by atoms with Crippen LogP contribution in [0.4, 0.5) is 0 Å². The van der Waals surface area contributed by atoms with Gasteiger partial charge in [0.1, 0.15) is 36.8 Å². The van der Waals surface area contributed by atoms with Crippen LogP contribution in [-0.2, 0) is 37.5 Å². The van der Waals surface area contributed by atoms with Crippen molar-refractivity contribution in [1.82, 2.24) is 0 Å². The van der Waals surface area contributed by atoms with Gasteiger partial charge in [-0.25, -0.2) is 4.57 Å². The summed E-state index contributed by atoms with van der Waals surface area (Å²) in [6.07, 6.45) is 6.07. The van der Waals surface area contributed by atoms with Crippen LogP contribution in [0.25, 0.3) is 0 Å². The molecule has 0 spiro atoms. The fourth-order valence-corrected chi connectivity index (χ4v) is 8.43. The summed E-state index contributed by atoms with van der Waals surface area (Å²) in [5.74, 6) is -5.07. The van der Waals surface area contributed by atoms with Crippen molar-refractivity contribution in [2.45, 2.75) is 204 Å². The first-order chi connectivity index (χ1) is 29.6. The van der Waals surface area contributed by atoms with Crippen molar-refractivity contribution >= 4 is 25.5 Å². The molecule has 0 amide bonds. The summed E-state index contributed by atoms with van der Waals surface area (Å²) < 4.78 is 34.5. The number of phosphoric ester groups is 1. The molecule has 1 saturated carbocycles. The fraction of sp³-hybridized carbons (Fsp3) is 0.800. The van der Waals surface area contributed by atoms with Crippen molar-refractivity contribution in [2.24, 2.45) is 11.8 Å². The Morgan fingerprint density at radius 2 is 1.47 bits per heavy atom. The van der Waals surface area contributed by atoms with Gasteiger partial charge in [0.15, 0.2) is 6.10 Å². The summed E-state index contributed by atoms with van der Waals surface area (Å²) in [4.78, 5) is 49.9. The predicted molar refractivity (Wildman–Crippen MR) is 231 cm³/mol.